The van der Waals surface area contributed by atoms with Crippen molar-refractivity contribution in [1.29, 1.82) is 0 Å². The van der Waals surface area contributed by atoms with E-state index < -0.39 is 0 Å². The Morgan fingerprint density at radius 3 is 2.85 bits per heavy atom. The Morgan fingerprint density at radius 2 is 2.15 bits per heavy atom. The van der Waals surface area contributed by atoms with Gasteiger partial charge in [0, 0.05) is 18.8 Å². The van der Waals surface area contributed by atoms with Gasteiger partial charge in [-0.2, -0.15) is 0 Å². The second-order valence-electron chi connectivity index (χ2n) is 4.86. The SMILES string of the molecule is C1=CC(CC(/N=C2/NCCS2)c2ccccc2)=CCN1. The summed E-state index contributed by atoms with van der Waals surface area (Å²) in [7, 11) is 0. The van der Waals surface area contributed by atoms with Gasteiger partial charge in [0.15, 0.2) is 5.17 Å². The molecule has 104 valence electrons. The Labute approximate surface area is 124 Å². The Balaban J connectivity index is 1.81. The van der Waals surface area contributed by atoms with E-state index in [0.29, 0.717) is 0 Å². The lowest BCUT2D eigenvalue weighted by Gasteiger charge is -2.16. The predicted octanol–water partition coefficient (Wildman–Crippen LogP) is 2.85. The van der Waals surface area contributed by atoms with Gasteiger partial charge < -0.3 is 10.6 Å². The number of rotatable bonds is 4. The number of thioether (sulfide) groups is 1. The first kappa shape index (κ1) is 13.3. The first-order valence-electron chi connectivity index (χ1n) is 7.00. The van der Waals surface area contributed by atoms with Crippen molar-refractivity contribution in [2.45, 2.75) is 12.5 Å². The van der Waals surface area contributed by atoms with Gasteiger partial charge in [0.05, 0.1) is 6.04 Å². The van der Waals surface area contributed by atoms with E-state index in [2.05, 4.69) is 53.1 Å². The molecule has 20 heavy (non-hydrogen) atoms. The molecule has 0 spiro atoms. The zero-order chi connectivity index (χ0) is 13.6. The van der Waals surface area contributed by atoms with Gasteiger partial charge in [0.25, 0.3) is 0 Å². The van der Waals surface area contributed by atoms with Crippen molar-refractivity contribution < 1.29 is 0 Å². The summed E-state index contributed by atoms with van der Waals surface area (Å²) < 4.78 is 0. The number of nitrogens with zero attached hydrogens (tertiary/aromatic N) is 1. The van der Waals surface area contributed by atoms with Crippen molar-refractivity contribution in [1.82, 2.24) is 10.6 Å². The average Bonchev–Trinajstić information content (AvgIpc) is 3.02. The molecule has 2 aliphatic heterocycles. The first-order chi connectivity index (χ1) is 9.92. The molecule has 0 saturated carbocycles. The highest BCUT2D eigenvalue weighted by Gasteiger charge is 2.15. The van der Waals surface area contributed by atoms with E-state index in [0.717, 1.165) is 30.4 Å². The standard InChI is InChI=1S/C16H19N3S/c1-2-4-14(5-3-1)15(19-16-18-10-11-20-16)12-13-6-8-17-9-7-13/h1-8,15,17H,9-12H2,(H,18,19). The third kappa shape index (κ3) is 3.45. The van der Waals surface area contributed by atoms with E-state index in [1.54, 1.807) is 0 Å². The third-order valence-corrected chi connectivity index (χ3v) is 4.33. The molecule has 0 aliphatic carbocycles. The van der Waals surface area contributed by atoms with Gasteiger partial charge in [0.2, 0.25) is 0 Å². The van der Waals surface area contributed by atoms with E-state index >= 15 is 0 Å². The minimum absolute atomic E-state index is 0.193. The summed E-state index contributed by atoms with van der Waals surface area (Å²) >= 11 is 1.82. The van der Waals surface area contributed by atoms with Gasteiger partial charge in [0.1, 0.15) is 0 Å². The summed E-state index contributed by atoms with van der Waals surface area (Å²) in [5, 5.41) is 7.63. The molecule has 1 aromatic carbocycles. The number of benzene rings is 1. The molecular formula is C16H19N3S. The summed E-state index contributed by atoms with van der Waals surface area (Å²) in [6.07, 6.45) is 7.36. The molecule has 0 radical (unpaired) electrons. The maximum absolute atomic E-state index is 4.91. The van der Waals surface area contributed by atoms with Gasteiger partial charge >= 0.3 is 0 Å². The van der Waals surface area contributed by atoms with Crippen molar-refractivity contribution in [3.05, 3.63) is 59.8 Å². The molecule has 4 heteroatoms. The lowest BCUT2D eigenvalue weighted by Crippen LogP contribution is -2.15. The fourth-order valence-corrected chi connectivity index (χ4v) is 3.16. The summed E-state index contributed by atoms with van der Waals surface area (Å²) in [6.45, 7) is 1.94. The number of allylic oxidation sites excluding steroid dienone is 1. The van der Waals surface area contributed by atoms with Gasteiger partial charge in [-0.1, -0.05) is 48.2 Å². The highest BCUT2D eigenvalue weighted by atomic mass is 32.2. The predicted molar refractivity (Wildman–Crippen MR) is 86.9 cm³/mol. The molecule has 2 aliphatic rings. The molecule has 0 aromatic heterocycles. The normalized spacial score (nSPS) is 21.2. The zero-order valence-electron chi connectivity index (χ0n) is 11.4. The van der Waals surface area contributed by atoms with Crippen LogP contribution in [0.2, 0.25) is 0 Å². The fourth-order valence-electron chi connectivity index (χ4n) is 2.36. The molecule has 1 unspecified atom stereocenters. The van der Waals surface area contributed by atoms with Gasteiger partial charge in [-0.3, -0.25) is 4.99 Å². The van der Waals surface area contributed by atoms with Crippen LogP contribution < -0.4 is 10.6 Å². The molecule has 1 saturated heterocycles. The van der Waals surface area contributed by atoms with Crippen LogP contribution in [-0.4, -0.2) is 24.0 Å². The van der Waals surface area contributed by atoms with E-state index in [-0.39, 0.29) is 6.04 Å². The Hall–Kier alpha value is -1.68. The molecule has 1 atom stereocenters. The van der Waals surface area contributed by atoms with Gasteiger partial charge in [-0.25, -0.2) is 0 Å². The van der Waals surface area contributed by atoms with Crippen LogP contribution >= 0.6 is 11.8 Å². The first-order valence-corrected chi connectivity index (χ1v) is 7.99. The van der Waals surface area contributed by atoms with Crippen LogP contribution in [-0.2, 0) is 0 Å². The number of dihydropyridines is 1. The van der Waals surface area contributed by atoms with Crippen LogP contribution in [0.5, 0.6) is 0 Å². The summed E-state index contributed by atoms with van der Waals surface area (Å²) in [5.74, 6) is 1.12. The number of aliphatic imine (C=N–C) groups is 1. The minimum Gasteiger partial charge on any atom is -0.387 e. The molecular weight excluding hydrogens is 266 g/mol. The van der Waals surface area contributed by atoms with E-state index in [1.165, 1.54) is 11.1 Å². The van der Waals surface area contributed by atoms with E-state index in [1.807, 2.05) is 18.0 Å². The lowest BCUT2D eigenvalue weighted by atomic mass is 9.98. The number of nitrogens with one attached hydrogen (secondary N) is 2. The van der Waals surface area contributed by atoms with Crippen molar-refractivity contribution in [3.8, 4) is 0 Å². The Morgan fingerprint density at radius 1 is 1.25 bits per heavy atom. The molecule has 0 amide bonds. The fraction of sp³-hybridized carbons (Fsp3) is 0.312. The number of hydrogen-bond donors (Lipinski definition) is 2. The van der Waals surface area contributed by atoms with Crippen LogP contribution in [0, 0.1) is 0 Å². The lowest BCUT2D eigenvalue weighted by molar-refractivity contribution is 0.718. The van der Waals surface area contributed by atoms with Crippen molar-refractivity contribution >= 4 is 16.9 Å². The van der Waals surface area contributed by atoms with Crippen molar-refractivity contribution in [2.75, 3.05) is 18.8 Å². The van der Waals surface area contributed by atoms with Crippen LogP contribution in [0.15, 0.2) is 59.2 Å². The van der Waals surface area contributed by atoms with Crippen molar-refractivity contribution in [3.63, 3.8) is 0 Å². The van der Waals surface area contributed by atoms with Gasteiger partial charge in [-0.05, 0) is 29.8 Å². The topological polar surface area (TPSA) is 36.4 Å². The van der Waals surface area contributed by atoms with Gasteiger partial charge in [-0.15, -0.1) is 0 Å². The molecule has 3 rings (SSSR count). The Bertz CT molecular complexity index is 526. The van der Waals surface area contributed by atoms with Crippen LogP contribution in [0.4, 0.5) is 0 Å². The number of hydrogen-bond acceptors (Lipinski definition) is 3. The second kappa shape index (κ2) is 6.66. The molecule has 2 N–H and O–H groups in total. The molecule has 3 nitrogen and oxygen atoms in total. The largest absolute Gasteiger partial charge is 0.387 e. The third-order valence-electron chi connectivity index (χ3n) is 3.40. The maximum atomic E-state index is 4.91. The molecule has 1 aromatic rings. The smallest absolute Gasteiger partial charge is 0.157 e. The van der Waals surface area contributed by atoms with Crippen LogP contribution in [0.25, 0.3) is 0 Å². The monoisotopic (exact) mass is 285 g/mol. The summed E-state index contributed by atoms with van der Waals surface area (Å²) in [5.41, 5.74) is 2.63. The highest BCUT2D eigenvalue weighted by molar-refractivity contribution is 8.14. The highest BCUT2D eigenvalue weighted by Crippen LogP contribution is 2.27. The Kier molecular flexibility index (Phi) is 4.43. The average molecular weight is 285 g/mol. The maximum Gasteiger partial charge on any atom is 0.157 e. The zero-order valence-corrected chi connectivity index (χ0v) is 12.2. The van der Waals surface area contributed by atoms with E-state index in [9.17, 15) is 0 Å². The quantitative estimate of drug-likeness (QED) is 0.893. The minimum atomic E-state index is 0.193. The molecule has 1 fully saturated rings. The van der Waals surface area contributed by atoms with Crippen molar-refractivity contribution in [2.24, 2.45) is 4.99 Å². The molecule has 2 heterocycles. The number of amidine groups is 1. The summed E-state index contributed by atoms with van der Waals surface area (Å²) in [6, 6.07) is 10.8. The van der Waals surface area contributed by atoms with Crippen LogP contribution in [0.3, 0.4) is 0 Å². The summed E-state index contributed by atoms with van der Waals surface area (Å²) in [4.78, 5) is 4.91. The van der Waals surface area contributed by atoms with E-state index in [4.69, 9.17) is 4.99 Å². The molecule has 0 bridgehead atoms. The van der Waals surface area contributed by atoms with Crippen LogP contribution in [0.1, 0.15) is 18.0 Å². The second-order valence-corrected chi connectivity index (χ2v) is 5.94.